The van der Waals surface area contributed by atoms with E-state index in [9.17, 15) is 0 Å². The quantitative estimate of drug-likeness (QED) is 0.825. The zero-order valence-corrected chi connectivity index (χ0v) is 11.4. The topological polar surface area (TPSA) is 45.6 Å². The van der Waals surface area contributed by atoms with Gasteiger partial charge < -0.3 is 15.4 Å². The predicted octanol–water partition coefficient (Wildman–Crippen LogP) is 2.62. The molecule has 1 unspecified atom stereocenters. The van der Waals surface area contributed by atoms with Gasteiger partial charge in [-0.1, -0.05) is 17.7 Å². The maximum atomic E-state index is 6.18. The minimum Gasteiger partial charge on any atom is -0.385 e. The lowest BCUT2D eigenvalue weighted by atomic mass is 10.1. The summed E-state index contributed by atoms with van der Waals surface area (Å²) in [4.78, 5) is 4.52. The highest BCUT2D eigenvalue weighted by molar-refractivity contribution is 6.31. The van der Waals surface area contributed by atoms with E-state index in [1.54, 1.807) is 7.11 Å². The van der Waals surface area contributed by atoms with Crippen LogP contribution >= 0.6 is 11.6 Å². The summed E-state index contributed by atoms with van der Waals surface area (Å²) in [6.45, 7) is 3.66. The Morgan fingerprint density at radius 2 is 2.33 bits per heavy atom. The molecule has 2 N–H and O–H groups in total. The van der Waals surface area contributed by atoms with E-state index in [0.29, 0.717) is 0 Å². The van der Waals surface area contributed by atoms with Crippen molar-refractivity contribution in [1.29, 1.82) is 0 Å². The number of fused-ring (bicyclic) bond motifs is 1. The van der Waals surface area contributed by atoms with Gasteiger partial charge in [-0.3, -0.25) is 0 Å². The number of rotatable bonds is 4. The van der Waals surface area contributed by atoms with E-state index < -0.39 is 0 Å². The minimum absolute atomic E-state index is 0.163. The molecule has 0 amide bonds. The molecule has 1 heterocycles. The summed E-state index contributed by atoms with van der Waals surface area (Å²) in [6, 6.07) is 5.96. The monoisotopic (exact) mass is 267 g/mol. The van der Waals surface area contributed by atoms with E-state index in [1.165, 1.54) is 0 Å². The summed E-state index contributed by atoms with van der Waals surface area (Å²) in [5.74, 6) is 0.799. The number of methoxy groups -OCH3 is 1. The Kier molecular flexibility index (Phi) is 4.44. The molecule has 1 aromatic rings. The Balaban J connectivity index is 2.07. The number of nitrogens with zero attached hydrogens (tertiary/aromatic N) is 1. The Morgan fingerprint density at radius 3 is 3.11 bits per heavy atom. The van der Waals surface area contributed by atoms with Crippen LogP contribution in [0.25, 0.3) is 0 Å². The molecule has 1 aliphatic rings. The lowest BCUT2D eigenvalue weighted by Crippen LogP contribution is -2.41. The van der Waals surface area contributed by atoms with E-state index in [0.717, 1.165) is 41.8 Å². The molecule has 4 nitrogen and oxygen atoms in total. The molecule has 0 spiro atoms. The van der Waals surface area contributed by atoms with Gasteiger partial charge >= 0.3 is 0 Å². The normalized spacial score (nSPS) is 17.7. The van der Waals surface area contributed by atoms with Gasteiger partial charge in [-0.15, -0.1) is 0 Å². The van der Waals surface area contributed by atoms with Crippen molar-refractivity contribution in [1.82, 2.24) is 10.6 Å². The third-order valence-corrected chi connectivity index (χ3v) is 3.20. The van der Waals surface area contributed by atoms with Crippen LogP contribution in [0.3, 0.4) is 0 Å². The number of ether oxygens (including phenoxy) is 1. The van der Waals surface area contributed by atoms with Crippen molar-refractivity contribution in [3.8, 4) is 0 Å². The van der Waals surface area contributed by atoms with Crippen LogP contribution in [-0.2, 0) is 4.74 Å². The van der Waals surface area contributed by atoms with Crippen LogP contribution in [-0.4, -0.2) is 26.2 Å². The summed E-state index contributed by atoms with van der Waals surface area (Å²) in [7, 11) is 1.71. The SMILES string of the molecule is COCCCNC1=Nc2cccc(Cl)c2C(C)N1. The Bertz CT molecular complexity index is 448. The van der Waals surface area contributed by atoms with Crippen LogP contribution < -0.4 is 10.6 Å². The first-order chi connectivity index (χ1) is 8.72. The fraction of sp³-hybridized carbons (Fsp3) is 0.462. The Morgan fingerprint density at radius 1 is 1.50 bits per heavy atom. The average Bonchev–Trinajstić information content (AvgIpc) is 2.34. The van der Waals surface area contributed by atoms with E-state index in [4.69, 9.17) is 16.3 Å². The van der Waals surface area contributed by atoms with Crippen molar-refractivity contribution in [2.75, 3.05) is 20.3 Å². The molecule has 1 aliphatic heterocycles. The first kappa shape index (κ1) is 13.2. The molecule has 0 radical (unpaired) electrons. The number of aliphatic imine (C=N–C) groups is 1. The Hall–Kier alpha value is -1.26. The van der Waals surface area contributed by atoms with Gasteiger partial charge in [0.1, 0.15) is 0 Å². The third-order valence-electron chi connectivity index (χ3n) is 2.87. The molecule has 0 bridgehead atoms. The van der Waals surface area contributed by atoms with Gasteiger partial charge in [-0.25, -0.2) is 4.99 Å². The molecule has 1 aromatic carbocycles. The van der Waals surface area contributed by atoms with Gasteiger partial charge in [0.15, 0.2) is 5.96 Å². The van der Waals surface area contributed by atoms with Gasteiger partial charge in [-0.05, 0) is 25.5 Å². The molecule has 2 rings (SSSR count). The maximum absolute atomic E-state index is 6.18. The van der Waals surface area contributed by atoms with E-state index in [1.807, 2.05) is 18.2 Å². The summed E-state index contributed by atoms with van der Waals surface area (Å²) in [5.41, 5.74) is 1.99. The highest BCUT2D eigenvalue weighted by atomic mass is 35.5. The second kappa shape index (κ2) is 6.07. The number of benzene rings is 1. The molecule has 0 aliphatic carbocycles. The van der Waals surface area contributed by atoms with Crippen LogP contribution in [0.4, 0.5) is 5.69 Å². The molecule has 0 saturated heterocycles. The maximum Gasteiger partial charge on any atom is 0.196 e. The predicted molar refractivity (Wildman–Crippen MR) is 74.6 cm³/mol. The molecule has 18 heavy (non-hydrogen) atoms. The summed E-state index contributed by atoms with van der Waals surface area (Å²) < 4.78 is 5.01. The van der Waals surface area contributed by atoms with Gasteiger partial charge in [-0.2, -0.15) is 0 Å². The molecule has 0 aromatic heterocycles. The third kappa shape index (κ3) is 2.94. The first-order valence-electron chi connectivity index (χ1n) is 6.09. The molecule has 1 atom stereocenters. The highest BCUT2D eigenvalue weighted by Gasteiger charge is 2.20. The van der Waals surface area contributed by atoms with Crippen LogP contribution in [0.5, 0.6) is 0 Å². The fourth-order valence-electron chi connectivity index (χ4n) is 2.00. The average molecular weight is 268 g/mol. The molecular weight excluding hydrogens is 250 g/mol. The van der Waals surface area contributed by atoms with Gasteiger partial charge in [0.05, 0.1) is 11.7 Å². The fourth-order valence-corrected chi connectivity index (χ4v) is 2.33. The van der Waals surface area contributed by atoms with Crippen LogP contribution in [0, 0.1) is 0 Å². The molecule has 0 saturated carbocycles. The van der Waals surface area contributed by atoms with Crippen molar-refractivity contribution in [2.24, 2.45) is 4.99 Å². The first-order valence-corrected chi connectivity index (χ1v) is 6.46. The molecule has 0 fully saturated rings. The minimum atomic E-state index is 0.163. The number of hydrogen-bond acceptors (Lipinski definition) is 4. The second-order valence-electron chi connectivity index (χ2n) is 4.27. The number of nitrogens with one attached hydrogen (secondary N) is 2. The summed E-state index contributed by atoms with van der Waals surface area (Å²) in [5, 5.41) is 7.33. The van der Waals surface area contributed by atoms with Gasteiger partial charge in [0, 0.05) is 30.8 Å². The van der Waals surface area contributed by atoms with Crippen LogP contribution in [0.2, 0.25) is 5.02 Å². The van der Waals surface area contributed by atoms with Gasteiger partial charge in [0.2, 0.25) is 0 Å². The van der Waals surface area contributed by atoms with E-state index in [-0.39, 0.29) is 6.04 Å². The lowest BCUT2D eigenvalue weighted by molar-refractivity contribution is 0.195. The summed E-state index contributed by atoms with van der Waals surface area (Å²) >= 11 is 6.18. The standard InChI is InChI=1S/C13H18ClN3O/c1-9-12-10(14)5-3-6-11(12)17-13(16-9)15-7-4-8-18-2/h3,5-6,9H,4,7-8H2,1-2H3,(H2,15,16,17). The smallest absolute Gasteiger partial charge is 0.196 e. The number of halogens is 1. The van der Waals surface area contributed by atoms with Crippen molar-refractivity contribution in [2.45, 2.75) is 19.4 Å². The van der Waals surface area contributed by atoms with Crippen molar-refractivity contribution in [3.63, 3.8) is 0 Å². The van der Waals surface area contributed by atoms with Crippen molar-refractivity contribution in [3.05, 3.63) is 28.8 Å². The number of hydrogen-bond donors (Lipinski definition) is 2. The van der Waals surface area contributed by atoms with Crippen molar-refractivity contribution >= 4 is 23.2 Å². The molecule has 5 heteroatoms. The van der Waals surface area contributed by atoms with E-state index >= 15 is 0 Å². The lowest BCUT2D eigenvalue weighted by Gasteiger charge is -2.25. The highest BCUT2D eigenvalue weighted by Crippen LogP contribution is 2.34. The van der Waals surface area contributed by atoms with E-state index in [2.05, 4.69) is 22.5 Å². The zero-order chi connectivity index (χ0) is 13.0. The largest absolute Gasteiger partial charge is 0.385 e. The van der Waals surface area contributed by atoms with Crippen LogP contribution in [0.1, 0.15) is 24.9 Å². The van der Waals surface area contributed by atoms with Crippen LogP contribution in [0.15, 0.2) is 23.2 Å². The number of guanidine groups is 1. The molecular formula is C13H18ClN3O. The Labute approximate surface area is 112 Å². The van der Waals surface area contributed by atoms with Gasteiger partial charge in [0.25, 0.3) is 0 Å². The second-order valence-corrected chi connectivity index (χ2v) is 4.68. The molecule has 98 valence electrons. The summed E-state index contributed by atoms with van der Waals surface area (Å²) in [6.07, 6.45) is 0.952. The zero-order valence-electron chi connectivity index (χ0n) is 10.7. The van der Waals surface area contributed by atoms with Crippen molar-refractivity contribution < 1.29 is 4.74 Å².